The molecule has 0 aliphatic rings. The number of ether oxygens (including phenoxy) is 1. The van der Waals surface area contributed by atoms with Gasteiger partial charge in [-0.1, -0.05) is 24.6 Å². The van der Waals surface area contributed by atoms with E-state index in [1.165, 1.54) is 12.1 Å². The van der Waals surface area contributed by atoms with Gasteiger partial charge >= 0.3 is 0 Å². The summed E-state index contributed by atoms with van der Waals surface area (Å²) in [5.74, 6) is 0.925. The van der Waals surface area contributed by atoms with Crippen molar-refractivity contribution >= 4 is 11.6 Å². The van der Waals surface area contributed by atoms with E-state index < -0.39 is 0 Å². The van der Waals surface area contributed by atoms with E-state index in [0.29, 0.717) is 16.5 Å². The number of hydrogen-bond donors (Lipinski definition) is 1. The first-order chi connectivity index (χ1) is 9.60. The van der Waals surface area contributed by atoms with E-state index in [2.05, 4.69) is 19.2 Å². The molecule has 2 rings (SSSR count). The summed E-state index contributed by atoms with van der Waals surface area (Å²) < 4.78 is 18.5. The molecule has 0 saturated heterocycles. The Balaban J connectivity index is 2.14. The van der Waals surface area contributed by atoms with E-state index in [4.69, 9.17) is 16.3 Å². The Morgan fingerprint density at radius 1 is 1.15 bits per heavy atom. The van der Waals surface area contributed by atoms with E-state index in [1.807, 2.05) is 12.1 Å². The van der Waals surface area contributed by atoms with Crippen molar-refractivity contribution in [3.05, 3.63) is 58.9 Å². The molecule has 0 aliphatic carbocycles. The molecule has 0 spiro atoms. The van der Waals surface area contributed by atoms with Crippen LogP contribution < -0.4 is 10.1 Å². The fourth-order valence-corrected chi connectivity index (χ4v) is 2.31. The predicted octanol–water partition coefficient (Wildman–Crippen LogP) is 4.94. The maximum Gasteiger partial charge on any atom is 0.128 e. The largest absolute Gasteiger partial charge is 0.457 e. The fourth-order valence-electron chi connectivity index (χ4n) is 1.98. The molecule has 0 saturated carbocycles. The molecule has 0 aromatic heterocycles. The molecular weight excluding hydrogens is 277 g/mol. The van der Waals surface area contributed by atoms with Crippen LogP contribution in [0.1, 0.15) is 25.5 Å². The molecule has 0 radical (unpaired) electrons. The summed E-state index contributed by atoms with van der Waals surface area (Å²) in [5, 5.41) is 3.96. The molecule has 0 amide bonds. The van der Waals surface area contributed by atoms with Crippen molar-refractivity contribution in [1.29, 1.82) is 0 Å². The third-order valence-electron chi connectivity index (χ3n) is 3.00. The van der Waals surface area contributed by atoms with E-state index in [-0.39, 0.29) is 11.9 Å². The van der Waals surface area contributed by atoms with E-state index in [0.717, 1.165) is 12.1 Å². The molecular formula is C16H17ClFNO. The zero-order chi connectivity index (χ0) is 14.5. The highest BCUT2D eigenvalue weighted by Gasteiger charge is 2.09. The van der Waals surface area contributed by atoms with Gasteiger partial charge in [0.15, 0.2) is 0 Å². The average molecular weight is 294 g/mol. The van der Waals surface area contributed by atoms with Crippen molar-refractivity contribution in [1.82, 2.24) is 5.32 Å². The van der Waals surface area contributed by atoms with Crippen molar-refractivity contribution in [2.75, 3.05) is 6.54 Å². The predicted molar refractivity (Wildman–Crippen MR) is 80.0 cm³/mol. The topological polar surface area (TPSA) is 21.3 Å². The molecule has 1 N–H and O–H groups in total. The van der Waals surface area contributed by atoms with Gasteiger partial charge in [0.1, 0.15) is 17.3 Å². The SMILES string of the molecule is CCNC(C)c1ccc(Oc2ccc(F)cc2)cc1Cl. The molecule has 106 valence electrons. The Kier molecular flexibility index (Phi) is 4.99. The summed E-state index contributed by atoms with van der Waals surface area (Å²) in [7, 11) is 0. The van der Waals surface area contributed by atoms with Crippen LogP contribution in [0.2, 0.25) is 5.02 Å². The fraction of sp³-hybridized carbons (Fsp3) is 0.250. The van der Waals surface area contributed by atoms with Gasteiger partial charge in [-0.3, -0.25) is 0 Å². The first-order valence-corrected chi connectivity index (χ1v) is 6.94. The third kappa shape index (κ3) is 3.71. The van der Waals surface area contributed by atoms with Crippen molar-refractivity contribution in [3.8, 4) is 11.5 Å². The van der Waals surface area contributed by atoms with Gasteiger partial charge in [-0.2, -0.15) is 0 Å². The van der Waals surface area contributed by atoms with Crippen LogP contribution in [0.15, 0.2) is 42.5 Å². The third-order valence-corrected chi connectivity index (χ3v) is 3.33. The van der Waals surface area contributed by atoms with Crippen LogP contribution >= 0.6 is 11.6 Å². The lowest BCUT2D eigenvalue weighted by atomic mass is 10.1. The highest BCUT2D eigenvalue weighted by atomic mass is 35.5. The summed E-state index contributed by atoms with van der Waals surface area (Å²) in [6, 6.07) is 11.6. The molecule has 1 atom stereocenters. The Morgan fingerprint density at radius 3 is 2.40 bits per heavy atom. The number of nitrogens with one attached hydrogen (secondary N) is 1. The summed E-state index contributed by atoms with van der Waals surface area (Å²) in [4.78, 5) is 0. The monoisotopic (exact) mass is 293 g/mol. The second-order valence-electron chi connectivity index (χ2n) is 4.52. The zero-order valence-electron chi connectivity index (χ0n) is 11.5. The maximum absolute atomic E-state index is 12.8. The number of hydrogen-bond acceptors (Lipinski definition) is 2. The molecule has 0 fully saturated rings. The molecule has 0 bridgehead atoms. The smallest absolute Gasteiger partial charge is 0.128 e. The normalized spacial score (nSPS) is 12.2. The van der Waals surface area contributed by atoms with Gasteiger partial charge in [0.25, 0.3) is 0 Å². The summed E-state index contributed by atoms with van der Waals surface area (Å²) >= 11 is 6.27. The van der Waals surface area contributed by atoms with Gasteiger partial charge in [0.05, 0.1) is 0 Å². The standard InChI is InChI=1S/C16H17ClFNO/c1-3-19-11(2)15-9-8-14(10-16(15)17)20-13-6-4-12(18)5-7-13/h4-11,19H,3H2,1-2H3. The van der Waals surface area contributed by atoms with Gasteiger partial charge in [0.2, 0.25) is 0 Å². The van der Waals surface area contributed by atoms with Crippen LogP contribution in [0.5, 0.6) is 11.5 Å². The Labute approximate surface area is 123 Å². The lowest BCUT2D eigenvalue weighted by Gasteiger charge is -2.15. The zero-order valence-corrected chi connectivity index (χ0v) is 12.2. The van der Waals surface area contributed by atoms with Crippen LogP contribution in [0.4, 0.5) is 4.39 Å². The molecule has 1 unspecified atom stereocenters. The summed E-state index contributed by atoms with van der Waals surface area (Å²) in [6.07, 6.45) is 0. The molecule has 0 aliphatic heterocycles. The molecule has 0 heterocycles. The van der Waals surface area contributed by atoms with Crippen molar-refractivity contribution in [2.45, 2.75) is 19.9 Å². The second-order valence-corrected chi connectivity index (χ2v) is 4.93. The van der Waals surface area contributed by atoms with Crippen LogP contribution in [-0.2, 0) is 0 Å². The Bertz CT molecular complexity index is 571. The van der Waals surface area contributed by atoms with Crippen molar-refractivity contribution in [3.63, 3.8) is 0 Å². The van der Waals surface area contributed by atoms with Gasteiger partial charge < -0.3 is 10.1 Å². The van der Waals surface area contributed by atoms with Gasteiger partial charge in [-0.05, 0) is 55.4 Å². The van der Waals surface area contributed by atoms with Crippen LogP contribution in [0.25, 0.3) is 0 Å². The minimum Gasteiger partial charge on any atom is -0.457 e. The molecule has 2 aromatic rings. The van der Waals surface area contributed by atoms with Crippen molar-refractivity contribution < 1.29 is 9.13 Å². The lowest BCUT2D eigenvalue weighted by Crippen LogP contribution is -2.17. The molecule has 2 nitrogen and oxygen atoms in total. The van der Waals surface area contributed by atoms with Gasteiger partial charge in [-0.15, -0.1) is 0 Å². The lowest BCUT2D eigenvalue weighted by molar-refractivity contribution is 0.480. The van der Waals surface area contributed by atoms with Crippen LogP contribution in [0.3, 0.4) is 0 Å². The number of halogens is 2. The molecule has 20 heavy (non-hydrogen) atoms. The minimum absolute atomic E-state index is 0.187. The first-order valence-electron chi connectivity index (χ1n) is 6.56. The Hall–Kier alpha value is -1.58. The van der Waals surface area contributed by atoms with Crippen molar-refractivity contribution in [2.24, 2.45) is 0 Å². The summed E-state index contributed by atoms with van der Waals surface area (Å²) in [5.41, 5.74) is 1.03. The van der Waals surface area contributed by atoms with E-state index in [1.54, 1.807) is 18.2 Å². The van der Waals surface area contributed by atoms with E-state index >= 15 is 0 Å². The quantitative estimate of drug-likeness (QED) is 0.843. The van der Waals surface area contributed by atoms with Crippen LogP contribution in [-0.4, -0.2) is 6.54 Å². The minimum atomic E-state index is -0.287. The number of rotatable bonds is 5. The molecule has 2 aromatic carbocycles. The highest BCUT2D eigenvalue weighted by Crippen LogP contribution is 2.29. The average Bonchev–Trinajstić information content (AvgIpc) is 2.42. The first kappa shape index (κ1) is 14.8. The van der Waals surface area contributed by atoms with Crippen LogP contribution in [0, 0.1) is 5.82 Å². The molecule has 4 heteroatoms. The number of benzene rings is 2. The van der Waals surface area contributed by atoms with E-state index in [9.17, 15) is 4.39 Å². The van der Waals surface area contributed by atoms with Gasteiger partial charge in [0, 0.05) is 11.1 Å². The second kappa shape index (κ2) is 6.73. The Morgan fingerprint density at radius 2 is 1.80 bits per heavy atom. The highest BCUT2D eigenvalue weighted by molar-refractivity contribution is 6.31. The summed E-state index contributed by atoms with van der Waals surface area (Å²) in [6.45, 7) is 4.99. The van der Waals surface area contributed by atoms with Gasteiger partial charge in [-0.25, -0.2) is 4.39 Å². The maximum atomic E-state index is 12.8.